The van der Waals surface area contributed by atoms with Crippen molar-refractivity contribution in [1.82, 2.24) is 0 Å². The van der Waals surface area contributed by atoms with Gasteiger partial charge in [0.05, 0.1) is 5.71 Å². The molecule has 0 spiro atoms. The first-order valence-corrected chi connectivity index (χ1v) is 8.63. The first kappa shape index (κ1) is 14.3. The quantitative estimate of drug-likeness (QED) is 0.686. The van der Waals surface area contributed by atoms with Crippen LogP contribution in [0, 0.1) is 0 Å². The number of hydrogen-bond donors (Lipinski definition) is 1. The van der Waals surface area contributed by atoms with Gasteiger partial charge in [0.15, 0.2) is 5.72 Å². The van der Waals surface area contributed by atoms with Gasteiger partial charge in [0.25, 0.3) is 0 Å². The van der Waals surface area contributed by atoms with E-state index >= 15 is 0 Å². The van der Waals surface area contributed by atoms with E-state index in [-0.39, 0.29) is 0 Å². The first-order chi connectivity index (χ1) is 11.1. The highest BCUT2D eigenvalue weighted by molar-refractivity contribution is 7.17. The number of nitrogens with zero attached hydrogens (tertiary/aromatic N) is 1. The molecule has 2 aromatic carbocycles. The van der Waals surface area contributed by atoms with Crippen LogP contribution < -0.4 is 10.5 Å². The van der Waals surface area contributed by atoms with Crippen LogP contribution >= 0.6 is 11.3 Å². The molecule has 0 bridgehead atoms. The van der Waals surface area contributed by atoms with Crippen LogP contribution in [0.25, 0.3) is 10.1 Å². The summed E-state index contributed by atoms with van der Waals surface area (Å²) in [5, 5.41) is 3.42. The molecule has 0 fully saturated rings. The largest absolute Gasteiger partial charge is 0.466 e. The van der Waals surface area contributed by atoms with Crippen LogP contribution in [0.2, 0.25) is 0 Å². The SMILES string of the molecule is CCC1(C)N=C(c2csc3ccccc23)c2ccc(N)cc2O1. The van der Waals surface area contributed by atoms with E-state index in [4.69, 9.17) is 15.5 Å². The van der Waals surface area contributed by atoms with E-state index in [1.54, 1.807) is 11.3 Å². The molecule has 116 valence electrons. The number of nitrogens with two attached hydrogens (primary N) is 1. The highest BCUT2D eigenvalue weighted by atomic mass is 32.1. The van der Waals surface area contributed by atoms with Crippen molar-refractivity contribution in [2.45, 2.75) is 26.0 Å². The predicted octanol–water partition coefficient (Wildman–Crippen LogP) is 4.84. The Morgan fingerprint density at radius 1 is 1.17 bits per heavy atom. The van der Waals surface area contributed by atoms with Crippen molar-refractivity contribution in [1.29, 1.82) is 0 Å². The van der Waals surface area contributed by atoms with Crippen molar-refractivity contribution in [3.63, 3.8) is 0 Å². The van der Waals surface area contributed by atoms with Crippen molar-refractivity contribution in [2.75, 3.05) is 5.73 Å². The van der Waals surface area contributed by atoms with Crippen molar-refractivity contribution < 1.29 is 4.74 Å². The van der Waals surface area contributed by atoms with Gasteiger partial charge in [-0.25, -0.2) is 4.99 Å². The van der Waals surface area contributed by atoms with Gasteiger partial charge in [-0.15, -0.1) is 11.3 Å². The summed E-state index contributed by atoms with van der Waals surface area (Å²) >= 11 is 1.75. The van der Waals surface area contributed by atoms with E-state index in [9.17, 15) is 0 Å². The second kappa shape index (κ2) is 5.10. The van der Waals surface area contributed by atoms with Gasteiger partial charge in [-0.1, -0.05) is 25.1 Å². The van der Waals surface area contributed by atoms with E-state index in [0.717, 1.165) is 23.4 Å². The Balaban J connectivity index is 1.98. The first-order valence-electron chi connectivity index (χ1n) is 7.75. The third kappa shape index (κ3) is 2.30. The molecule has 0 saturated carbocycles. The lowest BCUT2D eigenvalue weighted by atomic mass is 9.97. The molecule has 1 aliphatic rings. The fourth-order valence-electron chi connectivity index (χ4n) is 2.89. The molecule has 2 N–H and O–H groups in total. The zero-order chi connectivity index (χ0) is 16.0. The molecular formula is C19H18N2OS. The number of fused-ring (bicyclic) bond motifs is 2. The summed E-state index contributed by atoms with van der Waals surface area (Å²) in [6, 6.07) is 14.2. The molecule has 2 heterocycles. The number of anilines is 1. The lowest BCUT2D eigenvalue weighted by Crippen LogP contribution is -2.35. The number of rotatable bonds is 2. The average molecular weight is 322 g/mol. The molecule has 0 saturated heterocycles. The maximum absolute atomic E-state index is 6.13. The molecule has 1 atom stereocenters. The summed E-state index contributed by atoms with van der Waals surface area (Å²) in [6.45, 7) is 4.11. The maximum Gasteiger partial charge on any atom is 0.197 e. The minimum Gasteiger partial charge on any atom is -0.466 e. The molecule has 23 heavy (non-hydrogen) atoms. The van der Waals surface area contributed by atoms with Crippen molar-refractivity contribution >= 4 is 32.8 Å². The van der Waals surface area contributed by atoms with Gasteiger partial charge in [-0.2, -0.15) is 0 Å². The Hall–Kier alpha value is -2.33. The van der Waals surface area contributed by atoms with E-state index in [0.29, 0.717) is 5.69 Å². The second-order valence-corrected chi connectivity index (χ2v) is 6.90. The molecule has 0 amide bonds. The summed E-state index contributed by atoms with van der Waals surface area (Å²) in [7, 11) is 0. The van der Waals surface area contributed by atoms with Crippen LogP contribution in [-0.2, 0) is 0 Å². The van der Waals surface area contributed by atoms with E-state index in [2.05, 4.69) is 36.6 Å². The number of nitrogen functional groups attached to an aromatic ring is 1. The highest BCUT2D eigenvalue weighted by Gasteiger charge is 2.32. The minimum absolute atomic E-state index is 0.556. The normalized spacial score (nSPS) is 20.0. The van der Waals surface area contributed by atoms with Crippen molar-refractivity contribution in [2.24, 2.45) is 4.99 Å². The minimum atomic E-state index is -0.556. The zero-order valence-corrected chi connectivity index (χ0v) is 14.0. The topological polar surface area (TPSA) is 47.6 Å². The molecule has 1 unspecified atom stereocenters. The summed E-state index contributed by atoms with van der Waals surface area (Å²) in [5.74, 6) is 0.814. The zero-order valence-electron chi connectivity index (χ0n) is 13.2. The van der Waals surface area contributed by atoms with Gasteiger partial charge >= 0.3 is 0 Å². The van der Waals surface area contributed by atoms with Crippen LogP contribution in [-0.4, -0.2) is 11.4 Å². The van der Waals surface area contributed by atoms with Crippen LogP contribution in [0.5, 0.6) is 5.75 Å². The maximum atomic E-state index is 6.13. The summed E-state index contributed by atoms with van der Waals surface area (Å²) in [5.41, 5.74) is 9.27. The second-order valence-electron chi connectivity index (χ2n) is 5.99. The Bertz CT molecular complexity index is 928. The number of aliphatic imine (C=N–C) groups is 1. The predicted molar refractivity (Wildman–Crippen MR) is 97.6 cm³/mol. The molecule has 1 aliphatic heterocycles. The number of benzene rings is 2. The standard InChI is InChI=1S/C19H18N2OS/c1-3-19(2)21-18(14-9-8-12(20)10-16(14)22-19)15-11-23-17-7-5-4-6-13(15)17/h4-11H,3,20H2,1-2H3. The number of hydrogen-bond acceptors (Lipinski definition) is 4. The van der Waals surface area contributed by atoms with E-state index in [1.165, 1.54) is 15.6 Å². The summed E-state index contributed by atoms with van der Waals surface area (Å²) in [4.78, 5) is 4.96. The molecular weight excluding hydrogens is 304 g/mol. The Morgan fingerprint density at radius 3 is 2.83 bits per heavy atom. The Kier molecular flexibility index (Phi) is 3.16. The van der Waals surface area contributed by atoms with Crippen LogP contribution in [0.15, 0.2) is 52.8 Å². The molecule has 4 rings (SSSR count). The van der Waals surface area contributed by atoms with Gasteiger partial charge in [0.2, 0.25) is 0 Å². The summed E-state index contributed by atoms with van der Waals surface area (Å²) in [6.07, 6.45) is 0.798. The van der Waals surface area contributed by atoms with E-state index in [1.807, 2.05) is 25.1 Å². The average Bonchev–Trinajstić information content (AvgIpc) is 2.97. The number of ether oxygens (including phenoxy) is 1. The van der Waals surface area contributed by atoms with Crippen LogP contribution in [0.1, 0.15) is 31.4 Å². The Labute approximate surface area is 139 Å². The van der Waals surface area contributed by atoms with Crippen molar-refractivity contribution in [3.8, 4) is 5.75 Å². The molecule has 3 aromatic rings. The lowest BCUT2D eigenvalue weighted by Gasteiger charge is -2.32. The number of thiophene rings is 1. The van der Waals surface area contributed by atoms with Crippen LogP contribution in [0.4, 0.5) is 5.69 Å². The fraction of sp³-hybridized carbons (Fsp3) is 0.211. The third-order valence-electron chi connectivity index (χ3n) is 4.33. The van der Waals surface area contributed by atoms with Gasteiger partial charge in [0.1, 0.15) is 5.75 Å². The van der Waals surface area contributed by atoms with Gasteiger partial charge in [-0.3, -0.25) is 0 Å². The van der Waals surface area contributed by atoms with Gasteiger partial charge in [-0.05, 0) is 25.1 Å². The highest BCUT2D eigenvalue weighted by Crippen LogP contribution is 2.38. The van der Waals surface area contributed by atoms with Gasteiger partial charge < -0.3 is 10.5 Å². The van der Waals surface area contributed by atoms with Gasteiger partial charge in [0, 0.05) is 44.8 Å². The summed E-state index contributed by atoms with van der Waals surface area (Å²) < 4.78 is 7.40. The molecule has 0 aliphatic carbocycles. The van der Waals surface area contributed by atoms with Crippen molar-refractivity contribution in [3.05, 3.63) is 59.0 Å². The lowest BCUT2D eigenvalue weighted by molar-refractivity contribution is 0.0904. The Morgan fingerprint density at radius 2 is 2.00 bits per heavy atom. The van der Waals surface area contributed by atoms with Crippen LogP contribution in [0.3, 0.4) is 0 Å². The molecule has 0 radical (unpaired) electrons. The molecule has 1 aromatic heterocycles. The monoisotopic (exact) mass is 322 g/mol. The molecule has 3 nitrogen and oxygen atoms in total. The smallest absolute Gasteiger partial charge is 0.197 e. The van der Waals surface area contributed by atoms with E-state index < -0.39 is 5.72 Å². The fourth-order valence-corrected chi connectivity index (χ4v) is 3.84. The molecule has 4 heteroatoms. The third-order valence-corrected chi connectivity index (χ3v) is 5.29.